The Kier molecular flexibility index (Phi) is 4.21. The second-order valence-electron chi connectivity index (χ2n) is 3.52. The highest BCUT2D eigenvalue weighted by molar-refractivity contribution is 5.97. The highest BCUT2D eigenvalue weighted by atomic mass is 19.1. The van der Waals surface area contributed by atoms with Crippen LogP contribution in [0, 0.1) is 5.82 Å². The summed E-state index contributed by atoms with van der Waals surface area (Å²) in [7, 11) is 3.64. The number of nitrogens with two attached hydrogens (primary N) is 1. The number of hydrazine groups is 1. The van der Waals surface area contributed by atoms with Crippen LogP contribution in [0.2, 0.25) is 0 Å². The lowest BCUT2D eigenvalue weighted by Gasteiger charge is -2.12. The van der Waals surface area contributed by atoms with Gasteiger partial charge in [0.15, 0.2) is 5.84 Å². The summed E-state index contributed by atoms with van der Waals surface area (Å²) >= 11 is 0. The molecule has 0 bridgehead atoms. The number of nitrogens with one attached hydrogen (secondary N) is 1. The standard InChI is InChI=1S/C10H15FN4O/c1-15(2)13-6-8-4-3-7(5-9(8)11)10(12)14-16/h3-5,13,16H,6H2,1-2H3,(H2,12,14). The molecule has 1 aromatic carbocycles. The molecule has 4 N–H and O–H groups in total. The molecule has 6 heteroatoms. The molecule has 0 unspecified atom stereocenters. The number of halogens is 1. The van der Waals surface area contributed by atoms with Crippen LogP contribution in [-0.4, -0.2) is 30.1 Å². The van der Waals surface area contributed by atoms with E-state index in [2.05, 4.69) is 10.6 Å². The van der Waals surface area contributed by atoms with Gasteiger partial charge in [0.25, 0.3) is 0 Å². The van der Waals surface area contributed by atoms with Gasteiger partial charge in [0.05, 0.1) is 0 Å². The Hall–Kier alpha value is -1.66. The highest BCUT2D eigenvalue weighted by Gasteiger charge is 2.06. The van der Waals surface area contributed by atoms with Crippen LogP contribution in [0.15, 0.2) is 23.4 Å². The van der Waals surface area contributed by atoms with E-state index in [0.29, 0.717) is 17.7 Å². The van der Waals surface area contributed by atoms with Gasteiger partial charge in [-0.25, -0.2) is 4.39 Å². The van der Waals surface area contributed by atoms with Gasteiger partial charge in [0.1, 0.15) is 5.82 Å². The zero-order chi connectivity index (χ0) is 12.1. The lowest BCUT2D eigenvalue weighted by Crippen LogP contribution is -2.30. The second-order valence-corrected chi connectivity index (χ2v) is 3.52. The van der Waals surface area contributed by atoms with E-state index in [4.69, 9.17) is 10.9 Å². The first-order valence-corrected chi connectivity index (χ1v) is 4.71. The van der Waals surface area contributed by atoms with Crippen molar-refractivity contribution in [3.63, 3.8) is 0 Å². The minimum absolute atomic E-state index is 0.106. The number of oxime groups is 1. The van der Waals surface area contributed by atoms with Crippen LogP contribution >= 0.6 is 0 Å². The van der Waals surface area contributed by atoms with Gasteiger partial charge in [-0.1, -0.05) is 17.3 Å². The van der Waals surface area contributed by atoms with Crippen LogP contribution < -0.4 is 11.2 Å². The molecule has 0 aliphatic carbocycles. The average Bonchev–Trinajstić information content (AvgIpc) is 2.26. The second kappa shape index (κ2) is 5.43. The van der Waals surface area contributed by atoms with Crippen LogP contribution in [0.25, 0.3) is 0 Å². The number of nitrogens with zero attached hydrogens (tertiary/aromatic N) is 2. The fourth-order valence-corrected chi connectivity index (χ4v) is 1.15. The van der Waals surface area contributed by atoms with Gasteiger partial charge < -0.3 is 10.9 Å². The maximum atomic E-state index is 13.5. The van der Waals surface area contributed by atoms with Crippen molar-refractivity contribution in [1.29, 1.82) is 0 Å². The molecule has 0 saturated carbocycles. The molecule has 0 radical (unpaired) electrons. The van der Waals surface area contributed by atoms with E-state index in [-0.39, 0.29) is 5.84 Å². The van der Waals surface area contributed by atoms with Crippen LogP contribution in [0.1, 0.15) is 11.1 Å². The minimum atomic E-state index is -0.390. The molecule has 0 aliphatic rings. The highest BCUT2D eigenvalue weighted by Crippen LogP contribution is 2.10. The summed E-state index contributed by atoms with van der Waals surface area (Å²) in [5, 5.41) is 13.0. The van der Waals surface area contributed by atoms with Crippen molar-refractivity contribution in [2.45, 2.75) is 6.54 Å². The number of rotatable bonds is 4. The molecule has 16 heavy (non-hydrogen) atoms. The Morgan fingerprint density at radius 2 is 2.25 bits per heavy atom. The Balaban J connectivity index is 2.83. The summed E-state index contributed by atoms with van der Waals surface area (Å²) in [6.07, 6.45) is 0. The Morgan fingerprint density at radius 1 is 1.56 bits per heavy atom. The molecule has 5 nitrogen and oxygen atoms in total. The van der Waals surface area contributed by atoms with Crippen LogP contribution in [-0.2, 0) is 6.54 Å². The third kappa shape index (κ3) is 3.18. The van der Waals surface area contributed by atoms with Crippen LogP contribution in [0.3, 0.4) is 0 Å². The summed E-state index contributed by atoms with van der Waals surface area (Å²) < 4.78 is 13.5. The first-order chi connectivity index (χ1) is 7.54. The van der Waals surface area contributed by atoms with Gasteiger partial charge in [0, 0.05) is 31.8 Å². The fraction of sp³-hybridized carbons (Fsp3) is 0.300. The monoisotopic (exact) mass is 226 g/mol. The normalized spacial score (nSPS) is 12.1. The first kappa shape index (κ1) is 12.4. The molecule has 0 amide bonds. The smallest absolute Gasteiger partial charge is 0.170 e. The van der Waals surface area contributed by atoms with E-state index in [1.54, 1.807) is 17.1 Å². The van der Waals surface area contributed by atoms with E-state index in [1.165, 1.54) is 6.07 Å². The predicted octanol–water partition coefficient (Wildman–Crippen LogP) is 0.486. The van der Waals surface area contributed by atoms with Crippen molar-refractivity contribution in [3.05, 3.63) is 35.1 Å². The molecule has 0 atom stereocenters. The van der Waals surface area contributed by atoms with Gasteiger partial charge in [-0.2, -0.15) is 0 Å². The molecule has 0 saturated heterocycles. The summed E-state index contributed by atoms with van der Waals surface area (Å²) in [5.74, 6) is -0.496. The Labute approximate surface area is 93.3 Å². The molecule has 0 heterocycles. The average molecular weight is 226 g/mol. The number of amidine groups is 1. The van der Waals surface area contributed by atoms with E-state index >= 15 is 0 Å². The predicted molar refractivity (Wildman–Crippen MR) is 59.4 cm³/mol. The molecule has 0 aromatic heterocycles. The number of benzene rings is 1. The molecular weight excluding hydrogens is 211 g/mol. The summed E-state index contributed by atoms with van der Waals surface area (Å²) in [6.45, 7) is 0.384. The zero-order valence-corrected chi connectivity index (χ0v) is 9.24. The number of hydrogen-bond acceptors (Lipinski definition) is 4. The first-order valence-electron chi connectivity index (χ1n) is 4.71. The van der Waals surface area contributed by atoms with Gasteiger partial charge in [-0.05, 0) is 6.07 Å². The summed E-state index contributed by atoms with van der Waals surface area (Å²) in [6, 6.07) is 4.44. The lowest BCUT2D eigenvalue weighted by molar-refractivity contribution is 0.283. The Bertz CT molecular complexity index is 392. The van der Waals surface area contributed by atoms with Gasteiger partial charge >= 0.3 is 0 Å². The minimum Gasteiger partial charge on any atom is -0.409 e. The molecule has 0 aliphatic heterocycles. The van der Waals surface area contributed by atoms with Crippen molar-refractivity contribution >= 4 is 5.84 Å². The third-order valence-electron chi connectivity index (χ3n) is 2.04. The van der Waals surface area contributed by atoms with E-state index in [9.17, 15) is 4.39 Å². The molecule has 88 valence electrons. The van der Waals surface area contributed by atoms with Gasteiger partial charge in [-0.15, -0.1) is 0 Å². The van der Waals surface area contributed by atoms with E-state index in [0.717, 1.165) is 0 Å². The largest absolute Gasteiger partial charge is 0.409 e. The van der Waals surface area contributed by atoms with Crippen molar-refractivity contribution in [2.24, 2.45) is 10.9 Å². The zero-order valence-electron chi connectivity index (χ0n) is 9.24. The SMILES string of the molecule is CN(C)NCc1ccc(/C(N)=N/O)cc1F. The van der Waals surface area contributed by atoms with Crippen LogP contribution in [0.4, 0.5) is 4.39 Å². The quantitative estimate of drug-likeness (QED) is 0.302. The third-order valence-corrected chi connectivity index (χ3v) is 2.04. The number of hydrogen-bond donors (Lipinski definition) is 3. The maximum Gasteiger partial charge on any atom is 0.170 e. The van der Waals surface area contributed by atoms with Crippen molar-refractivity contribution in [1.82, 2.24) is 10.4 Å². The van der Waals surface area contributed by atoms with E-state index in [1.807, 2.05) is 14.1 Å². The Morgan fingerprint density at radius 3 is 2.75 bits per heavy atom. The fourth-order valence-electron chi connectivity index (χ4n) is 1.15. The maximum absolute atomic E-state index is 13.5. The van der Waals surface area contributed by atoms with E-state index < -0.39 is 5.82 Å². The van der Waals surface area contributed by atoms with Crippen molar-refractivity contribution in [2.75, 3.05) is 14.1 Å². The topological polar surface area (TPSA) is 73.9 Å². The van der Waals surface area contributed by atoms with Gasteiger partial charge in [-0.3, -0.25) is 10.4 Å². The van der Waals surface area contributed by atoms with Gasteiger partial charge in [0.2, 0.25) is 0 Å². The van der Waals surface area contributed by atoms with Crippen molar-refractivity contribution < 1.29 is 9.60 Å². The molecule has 1 aromatic rings. The summed E-state index contributed by atoms with van der Waals surface area (Å²) in [5.41, 5.74) is 9.16. The summed E-state index contributed by atoms with van der Waals surface area (Å²) in [4.78, 5) is 0. The lowest BCUT2D eigenvalue weighted by atomic mass is 10.1. The molecular formula is C10H15FN4O. The molecule has 0 fully saturated rings. The molecule has 1 rings (SSSR count). The van der Waals surface area contributed by atoms with Crippen molar-refractivity contribution in [3.8, 4) is 0 Å². The molecule has 0 spiro atoms. The van der Waals surface area contributed by atoms with Crippen LogP contribution in [0.5, 0.6) is 0 Å².